The molecule has 3 rings (SSSR count). The molecule has 3 atom stereocenters. The maximum atomic E-state index is 12.3. The Morgan fingerprint density at radius 3 is 2.46 bits per heavy atom. The Kier molecular flexibility index (Phi) is 5.34. The van der Waals surface area contributed by atoms with Crippen LogP contribution in [0.2, 0.25) is 0 Å². The summed E-state index contributed by atoms with van der Waals surface area (Å²) in [6.45, 7) is 1.87. The van der Waals surface area contributed by atoms with Crippen LogP contribution in [-0.4, -0.2) is 79.4 Å². The van der Waals surface area contributed by atoms with Gasteiger partial charge in [-0.2, -0.15) is 0 Å². The van der Waals surface area contributed by atoms with Crippen molar-refractivity contribution >= 4 is 21.7 Å². The highest BCUT2D eigenvalue weighted by atomic mass is 32.2. The van der Waals surface area contributed by atoms with Crippen LogP contribution in [0.25, 0.3) is 0 Å². The van der Waals surface area contributed by atoms with Crippen molar-refractivity contribution in [2.75, 3.05) is 32.9 Å². The lowest BCUT2D eigenvalue weighted by Gasteiger charge is -2.24. The summed E-state index contributed by atoms with van der Waals surface area (Å²) < 4.78 is 29.4. The number of carbonyl (C=O) groups is 2. The van der Waals surface area contributed by atoms with Gasteiger partial charge in [0.05, 0.1) is 22.8 Å². The number of furan rings is 1. The quantitative estimate of drug-likeness (QED) is 0.803. The summed E-state index contributed by atoms with van der Waals surface area (Å²) in [5.74, 6) is -0.782. The molecule has 0 bridgehead atoms. The fourth-order valence-corrected chi connectivity index (χ4v) is 5.78. The molecule has 0 aromatic carbocycles. The van der Waals surface area contributed by atoms with E-state index in [1.807, 2.05) is 19.0 Å². The number of rotatable bonds is 2. The molecular formula is C15H22N2O6S. The molecule has 1 aromatic heterocycles. The van der Waals surface area contributed by atoms with E-state index in [0.717, 1.165) is 6.92 Å². The number of fused-ring (bicyclic) bond motifs is 1. The third-order valence-electron chi connectivity index (χ3n) is 4.39. The van der Waals surface area contributed by atoms with Crippen LogP contribution < -0.4 is 0 Å². The van der Waals surface area contributed by atoms with Crippen molar-refractivity contribution in [1.29, 1.82) is 0 Å². The Morgan fingerprint density at radius 2 is 1.96 bits per heavy atom. The molecule has 2 aliphatic rings. The van der Waals surface area contributed by atoms with Crippen molar-refractivity contribution in [3.63, 3.8) is 0 Å². The molecule has 0 saturated carbocycles. The Morgan fingerprint density at radius 1 is 1.33 bits per heavy atom. The lowest BCUT2D eigenvalue weighted by molar-refractivity contribution is -0.134. The van der Waals surface area contributed by atoms with Crippen LogP contribution in [0.3, 0.4) is 0 Å². The summed E-state index contributed by atoms with van der Waals surface area (Å²) in [5.41, 5.74) is 0.476. The number of amides is 1. The highest BCUT2D eigenvalue weighted by Gasteiger charge is 2.53. The zero-order valence-electron chi connectivity index (χ0n) is 13.9. The van der Waals surface area contributed by atoms with E-state index in [9.17, 15) is 13.2 Å². The van der Waals surface area contributed by atoms with Gasteiger partial charge in [-0.1, -0.05) is 0 Å². The molecule has 1 aromatic rings. The van der Waals surface area contributed by atoms with E-state index < -0.39 is 21.1 Å². The van der Waals surface area contributed by atoms with Gasteiger partial charge in [-0.05, 0) is 20.2 Å². The van der Waals surface area contributed by atoms with Crippen molar-refractivity contribution in [2.45, 2.75) is 18.2 Å². The lowest BCUT2D eigenvalue weighted by Crippen LogP contribution is -2.38. The summed E-state index contributed by atoms with van der Waals surface area (Å²) >= 11 is 0. The molecule has 2 aliphatic heterocycles. The lowest BCUT2D eigenvalue weighted by atomic mass is 10.00. The second-order valence-corrected chi connectivity index (χ2v) is 8.57. The Bertz CT molecular complexity index is 694. The van der Waals surface area contributed by atoms with E-state index >= 15 is 0 Å². The number of carboxylic acids is 1. The zero-order chi connectivity index (χ0) is 18.1. The van der Waals surface area contributed by atoms with Gasteiger partial charge in [0.25, 0.3) is 11.9 Å². The molecule has 2 saturated heterocycles. The Hall–Kier alpha value is -1.87. The number of aliphatic carboxylic acids is 1. The average molecular weight is 358 g/mol. The monoisotopic (exact) mass is 358 g/mol. The van der Waals surface area contributed by atoms with Gasteiger partial charge >= 0.3 is 0 Å². The summed E-state index contributed by atoms with van der Waals surface area (Å²) in [7, 11) is 0.672. The van der Waals surface area contributed by atoms with Gasteiger partial charge in [-0.3, -0.25) is 9.59 Å². The molecule has 0 aliphatic carbocycles. The standard InChI is InChI=1S/C13H18N2O4S.C2H4O2/c1-14(2)11-8-20(17,18)12-6-15(5-10(11)12)13(16)9-3-4-19-7-9;1-2(3)4/h3-4,7,10-12H,5-6,8H2,1-2H3;1H3,(H,3,4)/t10-,11+,12-;/m0./s1. The number of nitrogens with zero attached hydrogens (tertiary/aromatic N) is 2. The first-order valence-electron chi connectivity index (χ1n) is 7.52. The number of hydrogen-bond donors (Lipinski definition) is 1. The number of carboxylic acid groups (broad SMARTS) is 1. The van der Waals surface area contributed by atoms with Crippen LogP contribution in [0.1, 0.15) is 17.3 Å². The molecule has 0 unspecified atom stereocenters. The average Bonchev–Trinajstić information content (AvgIpc) is 3.15. The fraction of sp³-hybridized carbons (Fsp3) is 0.600. The van der Waals surface area contributed by atoms with Gasteiger partial charge in [0.1, 0.15) is 6.26 Å². The summed E-state index contributed by atoms with van der Waals surface area (Å²) in [6.07, 6.45) is 2.85. The minimum Gasteiger partial charge on any atom is -0.481 e. The topological polar surface area (TPSA) is 108 Å². The van der Waals surface area contributed by atoms with Gasteiger partial charge in [0.2, 0.25) is 0 Å². The first-order valence-corrected chi connectivity index (χ1v) is 9.24. The van der Waals surface area contributed by atoms with E-state index in [0.29, 0.717) is 18.7 Å². The molecule has 1 N–H and O–H groups in total. The molecule has 0 spiro atoms. The van der Waals surface area contributed by atoms with E-state index in [1.165, 1.54) is 12.5 Å². The maximum Gasteiger partial charge on any atom is 0.300 e. The molecule has 8 nitrogen and oxygen atoms in total. The number of hydrogen-bond acceptors (Lipinski definition) is 6. The zero-order valence-corrected chi connectivity index (χ0v) is 14.7. The molecule has 1 amide bonds. The third-order valence-corrected chi connectivity index (χ3v) is 6.61. The summed E-state index contributed by atoms with van der Waals surface area (Å²) in [4.78, 5) is 24.9. The van der Waals surface area contributed by atoms with Crippen LogP contribution in [0.15, 0.2) is 23.0 Å². The number of likely N-dealkylation sites (tertiary alicyclic amines) is 1. The van der Waals surface area contributed by atoms with E-state index in [1.54, 1.807) is 11.0 Å². The van der Waals surface area contributed by atoms with Crippen molar-refractivity contribution in [2.24, 2.45) is 5.92 Å². The highest BCUT2D eigenvalue weighted by Crippen LogP contribution is 2.36. The second-order valence-electron chi connectivity index (χ2n) is 6.30. The van der Waals surface area contributed by atoms with Crippen molar-refractivity contribution in [1.82, 2.24) is 9.80 Å². The van der Waals surface area contributed by atoms with Gasteiger partial charge < -0.3 is 19.3 Å². The molecule has 0 radical (unpaired) electrons. The van der Waals surface area contributed by atoms with Gasteiger partial charge in [-0.15, -0.1) is 0 Å². The van der Waals surface area contributed by atoms with Gasteiger partial charge in [0, 0.05) is 32.0 Å². The SMILES string of the molecule is CC(=O)O.CN(C)[C@@H]1CS(=O)(=O)[C@H]2CN(C(=O)c3ccoc3)C[C@@H]12. The molecule has 3 heterocycles. The first kappa shape index (κ1) is 18.5. The maximum absolute atomic E-state index is 12.3. The third kappa shape index (κ3) is 3.78. The van der Waals surface area contributed by atoms with Crippen LogP contribution in [0.5, 0.6) is 0 Å². The summed E-state index contributed by atoms with van der Waals surface area (Å²) in [5, 5.41) is 6.99. The molecule has 134 valence electrons. The van der Waals surface area contributed by atoms with E-state index in [2.05, 4.69) is 0 Å². The van der Waals surface area contributed by atoms with Crippen LogP contribution in [0.4, 0.5) is 0 Å². The van der Waals surface area contributed by atoms with Crippen molar-refractivity contribution in [3.05, 3.63) is 24.2 Å². The normalized spacial score (nSPS) is 27.5. The molecular weight excluding hydrogens is 336 g/mol. The Balaban J connectivity index is 0.000000471. The minimum atomic E-state index is -3.11. The Labute approximate surface area is 140 Å². The van der Waals surface area contributed by atoms with Crippen LogP contribution >= 0.6 is 0 Å². The van der Waals surface area contributed by atoms with E-state index in [4.69, 9.17) is 14.3 Å². The van der Waals surface area contributed by atoms with Crippen LogP contribution in [-0.2, 0) is 14.6 Å². The largest absolute Gasteiger partial charge is 0.481 e. The highest BCUT2D eigenvalue weighted by molar-refractivity contribution is 7.92. The van der Waals surface area contributed by atoms with Crippen molar-refractivity contribution < 1.29 is 27.5 Å². The first-order chi connectivity index (χ1) is 11.1. The second kappa shape index (κ2) is 6.94. The van der Waals surface area contributed by atoms with Crippen molar-refractivity contribution in [3.8, 4) is 0 Å². The smallest absolute Gasteiger partial charge is 0.300 e. The van der Waals surface area contributed by atoms with Crippen LogP contribution in [0, 0.1) is 5.92 Å². The number of sulfone groups is 1. The van der Waals surface area contributed by atoms with E-state index in [-0.39, 0.29) is 23.6 Å². The molecule has 9 heteroatoms. The molecule has 2 fully saturated rings. The molecule has 24 heavy (non-hydrogen) atoms. The van der Waals surface area contributed by atoms with Gasteiger partial charge in [0.15, 0.2) is 9.84 Å². The summed E-state index contributed by atoms with van der Waals surface area (Å²) in [6, 6.07) is 1.60. The van der Waals surface area contributed by atoms with Gasteiger partial charge in [-0.25, -0.2) is 8.42 Å². The minimum absolute atomic E-state index is 0.00542. The number of carbonyl (C=O) groups excluding carboxylic acids is 1. The predicted octanol–water partition coefficient (Wildman–Crippen LogP) is 0.170. The predicted molar refractivity (Wildman–Crippen MR) is 86.5 cm³/mol. The fourth-order valence-electron chi connectivity index (χ4n) is 3.30.